The van der Waals surface area contributed by atoms with Gasteiger partial charge in [0.25, 0.3) is 5.91 Å². The fourth-order valence-corrected chi connectivity index (χ4v) is 4.72. The molecule has 0 atom stereocenters. The minimum atomic E-state index is -0.468. The first-order valence-electron chi connectivity index (χ1n) is 9.61. The first kappa shape index (κ1) is 22.4. The maximum Gasteiger partial charge on any atom is 0.324 e. The number of hydrazone groups is 1. The van der Waals surface area contributed by atoms with E-state index in [0.717, 1.165) is 27.1 Å². The van der Waals surface area contributed by atoms with E-state index < -0.39 is 10.8 Å². The van der Waals surface area contributed by atoms with Gasteiger partial charge in [-0.2, -0.15) is 10.1 Å². The zero-order valence-corrected chi connectivity index (χ0v) is 19.5. The maximum atomic E-state index is 13.5. The molecule has 0 fully saturated rings. The molecule has 0 radical (unpaired) electrons. The average Bonchev–Trinajstić information content (AvgIpc) is 3.45. The van der Waals surface area contributed by atoms with Crippen LogP contribution < -0.4 is 14.5 Å². The summed E-state index contributed by atoms with van der Waals surface area (Å²) < 4.78 is 11.5. The molecule has 2 heterocycles. The Bertz CT molecular complexity index is 1380. The number of hydrogen-bond acceptors (Lipinski definition) is 9. The summed E-state index contributed by atoms with van der Waals surface area (Å²) in [5.74, 6) is 0.459. The van der Waals surface area contributed by atoms with Gasteiger partial charge >= 0.3 is 5.00 Å². The van der Waals surface area contributed by atoms with Crippen LogP contribution in [0.4, 0.5) is 10.1 Å². The Kier molecular flexibility index (Phi) is 6.33. The van der Waals surface area contributed by atoms with Crippen LogP contribution in [0, 0.1) is 17.0 Å². The van der Waals surface area contributed by atoms with Crippen LogP contribution in [-0.2, 0) is 0 Å². The Balaban J connectivity index is 1.76. The van der Waals surface area contributed by atoms with Gasteiger partial charge in [-0.1, -0.05) is 28.7 Å². The van der Waals surface area contributed by atoms with Crippen molar-refractivity contribution in [3.63, 3.8) is 0 Å². The number of fused-ring (bicyclic) bond motifs is 1. The molecule has 11 heteroatoms. The largest absolute Gasteiger partial charge is 0.493 e. The van der Waals surface area contributed by atoms with Crippen molar-refractivity contribution in [2.24, 2.45) is 5.10 Å². The quantitative estimate of drug-likeness (QED) is 0.202. The van der Waals surface area contributed by atoms with E-state index in [0.29, 0.717) is 27.1 Å². The maximum absolute atomic E-state index is 13.5. The Morgan fingerprint density at radius 1 is 1.09 bits per heavy atom. The fourth-order valence-electron chi connectivity index (χ4n) is 3.01. The zero-order valence-electron chi connectivity index (χ0n) is 17.8. The second-order valence-corrected chi connectivity index (χ2v) is 8.93. The van der Waals surface area contributed by atoms with E-state index in [2.05, 4.69) is 10.1 Å². The molecule has 0 saturated carbocycles. The van der Waals surface area contributed by atoms with Gasteiger partial charge in [0.15, 0.2) is 11.5 Å². The number of thiophene rings is 1. The lowest BCUT2D eigenvalue weighted by molar-refractivity contribution is -0.380. The molecule has 1 amide bonds. The van der Waals surface area contributed by atoms with Crippen LogP contribution in [0.2, 0.25) is 0 Å². The Hall–Kier alpha value is -3.83. The number of ether oxygens (including phenoxy) is 2. The van der Waals surface area contributed by atoms with Crippen molar-refractivity contribution in [1.82, 2.24) is 4.98 Å². The molecule has 0 aliphatic heterocycles. The number of thiazole rings is 1. The predicted octanol–water partition coefficient (Wildman–Crippen LogP) is 5.27. The Morgan fingerprint density at radius 3 is 2.58 bits per heavy atom. The molecular weight excluding hydrogens is 464 g/mol. The molecule has 4 aromatic rings. The lowest BCUT2D eigenvalue weighted by atomic mass is 10.2. The Morgan fingerprint density at radius 2 is 1.88 bits per heavy atom. The molecule has 168 valence electrons. The van der Waals surface area contributed by atoms with Gasteiger partial charge in [-0.05, 0) is 48.9 Å². The molecular formula is C22H18N4O5S2. The number of amides is 1. The predicted molar refractivity (Wildman–Crippen MR) is 129 cm³/mol. The molecule has 2 aromatic carbocycles. The van der Waals surface area contributed by atoms with Crippen LogP contribution in [0.1, 0.15) is 20.8 Å². The highest BCUT2D eigenvalue weighted by molar-refractivity contribution is 7.22. The summed E-state index contributed by atoms with van der Waals surface area (Å²) in [5.41, 5.74) is 2.13. The van der Waals surface area contributed by atoms with Crippen molar-refractivity contribution in [3.05, 3.63) is 74.6 Å². The lowest BCUT2D eigenvalue weighted by Crippen LogP contribution is -2.25. The van der Waals surface area contributed by atoms with E-state index in [1.54, 1.807) is 24.3 Å². The third kappa shape index (κ3) is 4.69. The van der Waals surface area contributed by atoms with E-state index in [9.17, 15) is 14.9 Å². The summed E-state index contributed by atoms with van der Waals surface area (Å²) in [5, 5.41) is 16.9. The van der Waals surface area contributed by atoms with Crippen molar-refractivity contribution in [3.8, 4) is 11.5 Å². The first-order chi connectivity index (χ1) is 15.9. The SMILES string of the molecule is COc1ccc(C(=O)N(/N=C/c2ccc([N+](=O)[O-])s2)c2nc3ccc(C)cc3s2)cc1OC. The number of benzene rings is 2. The van der Waals surface area contributed by atoms with Gasteiger partial charge in [-0.15, -0.1) is 0 Å². The van der Waals surface area contributed by atoms with Crippen LogP contribution in [0.15, 0.2) is 53.6 Å². The second kappa shape index (κ2) is 9.35. The fraction of sp³-hybridized carbons (Fsp3) is 0.136. The van der Waals surface area contributed by atoms with E-state index in [4.69, 9.17) is 9.47 Å². The molecule has 33 heavy (non-hydrogen) atoms. The summed E-state index contributed by atoms with van der Waals surface area (Å²) in [6, 6.07) is 13.6. The standard InChI is InChI=1S/C22H18N4O5S2/c1-13-4-7-16-19(10-13)33-22(24-16)25(23-12-15-6-9-20(32-15)26(28)29)21(27)14-5-8-17(30-2)18(11-14)31-3/h4-12H,1-3H3/b23-12+. The van der Waals surface area contributed by atoms with E-state index in [1.165, 1.54) is 42.8 Å². The van der Waals surface area contributed by atoms with E-state index >= 15 is 0 Å². The summed E-state index contributed by atoms with van der Waals surface area (Å²) in [6.45, 7) is 1.98. The molecule has 0 N–H and O–H groups in total. The van der Waals surface area contributed by atoms with Crippen molar-refractivity contribution in [2.45, 2.75) is 6.92 Å². The van der Waals surface area contributed by atoms with Gasteiger partial charge in [-0.25, -0.2) is 4.98 Å². The van der Waals surface area contributed by atoms with Crippen LogP contribution in [0.5, 0.6) is 11.5 Å². The topological polar surface area (TPSA) is 107 Å². The molecule has 0 aliphatic carbocycles. The van der Waals surface area contributed by atoms with Gasteiger partial charge in [0.05, 0.1) is 40.5 Å². The highest BCUT2D eigenvalue weighted by Gasteiger charge is 2.23. The molecule has 0 unspecified atom stereocenters. The summed E-state index contributed by atoms with van der Waals surface area (Å²) in [6.07, 6.45) is 1.41. The van der Waals surface area contributed by atoms with E-state index in [1.807, 2.05) is 25.1 Å². The molecule has 0 bridgehead atoms. The third-order valence-corrected chi connectivity index (χ3v) is 6.59. The molecule has 0 saturated heterocycles. The normalized spacial score (nSPS) is 11.1. The summed E-state index contributed by atoms with van der Waals surface area (Å²) in [4.78, 5) is 29.1. The molecule has 4 rings (SSSR count). The van der Waals surface area contributed by atoms with Crippen LogP contribution >= 0.6 is 22.7 Å². The first-order valence-corrected chi connectivity index (χ1v) is 11.2. The Labute approximate surface area is 196 Å². The smallest absolute Gasteiger partial charge is 0.324 e. The summed E-state index contributed by atoms with van der Waals surface area (Å²) in [7, 11) is 3.00. The lowest BCUT2D eigenvalue weighted by Gasteiger charge is -2.15. The number of anilines is 1. The van der Waals surface area contributed by atoms with Crippen LogP contribution in [0.25, 0.3) is 10.2 Å². The number of hydrogen-bond donors (Lipinski definition) is 0. The second-order valence-electron chi connectivity index (χ2n) is 6.83. The molecule has 0 spiro atoms. The minimum absolute atomic E-state index is 0.00956. The molecule has 0 aliphatic rings. The number of methoxy groups -OCH3 is 2. The molecule has 9 nitrogen and oxygen atoms in total. The number of nitro groups is 1. The highest BCUT2D eigenvalue weighted by Crippen LogP contribution is 2.33. The van der Waals surface area contributed by atoms with Gasteiger partial charge in [0, 0.05) is 11.6 Å². The van der Waals surface area contributed by atoms with Crippen molar-refractivity contribution >= 4 is 55.1 Å². The van der Waals surface area contributed by atoms with Crippen LogP contribution in [0.3, 0.4) is 0 Å². The number of aromatic nitrogens is 1. The number of nitrogens with zero attached hydrogens (tertiary/aromatic N) is 4. The monoisotopic (exact) mass is 482 g/mol. The summed E-state index contributed by atoms with van der Waals surface area (Å²) >= 11 is 2.29. The number of aryl methyl sites for hydroxylation is 1. The number of carbonyl (C=O) groups excluding carboxylic acids is 1. The van der Waals surface area contributed by atoms with Gasteiger partial charge in [0.2, 0.25) is 5.13 Å². The number of rotatable bonds is 7. The average molecular weight is 483 g/mol. The van der Waals surface area contributed by atoms with Crippen LogP contribution in [-0.4, -0.2) is 36.2 Å². The van der Waals surface area contributed by atoms with Gasteiger partial charge in [-0.3, -0.25) is 14.9 Å². The van der Waals surface area contributed by atoms with Crippen molar-refractivity contribution in [2.75, 3.05) is 19.2 Å². The zero-order chi connectivity index (χ0) is 23.5. The van der Waals surface area contributed by atoms with Crippen molar-refractivity contribution < 1.29 is 19.2 Å². The molecule has 2 aromatic heterocycles. The number of carbonyl (C=O) groups is 1. The third-order valence-electron chi connectivity index (χ3n) is 4.63. The van der Waals surface area contributed by atoms with E-state index in [-0.39, 0.29) is 5.00 Å². The highest BCUT2D eigenvalue weighted by atomic mass is 32.1. The van der Waals surface area contributed by atoms with Crippen molar-refractivity contribution in [1.29, 1.82) is 0 Å². The minimum Gasteiger partial charge on any atom is -0.493 e. The van der Waals surface area contributed by atoms with Gasteiger partial charge in [0.1, 0.15) is 0 Å². The van der Waals surface area contributed by atoms with Gasteiger partial charge < -0.3 is 9.47 Å².